The van der Waals surface area contributed by atoms with Gasteiger partial charge in [-0.15, -0.1) is 0 Å². The summed E-state index contributed by atoms with van der Waals surface area (Å²) in [4.78, 5) is 0. The summed E-state index contributed by atoms with van der Waals surface area (Å²) < 4.78 is 12.3. The van der Waals surface area contributed by atoms with Crippen LogP contribution in [0, 0.1) is 12.7 Å². The van der Waals surface area contributed by atoms with Gasteiger partial charge in [-0.1, -0.05) is 18.2 Å². The molecule has 57 valence electrons. The molecule has 1 aromatic rings. The third-order valence-corrected chi connectivity index (χ3v) is 0.958. The molecule has 0 N–H and O–H groups in total. The Morgan fingerprint density at radius 2 is 1.73 bits per heavy atom. The minimum atomic E-state index is -0.931. The van der Waals surface area contributed by atoms with Gasteiger partial charge in [-0.05, 0) is 18.6 Å². The van der Waals surface area contributed by atoms with Crippen LogP contribution in [-0.4, -0.2) is 0 Å². The minimum absolute atomic E-state index is 0.243. The first-order chi connectivity index (χ1) is 5.22. The van der Waals surface area contributed by atoms with Crippen LogP contribution in [0.1, 0.15) is 5.56 Å². The predicted molar refractivity (Wildman–Crippen MR) is 42.6 cm³/mol. The van der Waals surface area contributed by atoms with Gasteiger partial charge in [-0.2, -0.15) is 0 Å². The van der Waals surface area contributed by atoms with Crippen molar-refractivity contribution in [2.24, 2.45) is 0 Å². The van der Waals surface area contributed by atoms with Crippen LogP contribution in [0.3, 0.4) is 0 Å². The predicted octanol–water partition coefficient (Wildman–Crippen LogP) is 3.38. The van der Waals surface area contributed by atoms with E-state index in [1.807, 2.05) is 0 Å². The average Bonchev–Trinajstić information content (AvgIpc) is 1.97. The summed E-state index contributed by atoms with van der Waals surface area (Å²) in [7, 11) is 9.90. The van der Waals surface area contributed by atoms with E-state index >= 15 is 0 Å². The Morgan fingerprint density at radius 1 is 1.27 bits per heavy atom. The van der Waals surface area contributed by atoms with Crippen molar-refractivity contribution in [2.75, 3.05) is 0 Å². The van der Waals surface area contributed by atoms with Gasteiger partial charge >= 0.3 is 34.5 Å². The van der Waals surface area contributed by atoms with Gasteiger partial charge in [-0.3, -0.25) is 0 Å². The average molecular weight is 245 g/mol. The number of rotatable bonds is 0. The van der Waals surface area contributed by atoms with Gasteiger partial charge in [0.1, 0.15) is 5.82 Å². The summed E-state index contributed by atoms with van der Waals surface area (Å²) in [6.07, 6.45) is 0. The van der Waals surface area contributed by atoms with E-state index < -0.39 is 15.1 Å². The van der Waals surface area contributed by atoms with Crippen LogP contribution < -0.4 is 0 Å². The normalized spacial score (nSPS) is 7.64. The molecule has 1 rings (SSSR count). The second-order valence-corrected chi connectivity index (χ2v) is 6.32. The van der Waals surface area contributed by atoms with Crippen LogP contribution in [0.25, 0.3) is 0 Å². The molecule has 0 saturated carbocycles. The van der Waals surface area contributed by atoms with Crippen LogP contribution in [-0.2, 0) is 15.1 Å². The zero-order chi connectivity index (χ0) is 8.69. The van der Waals surface area contributed by atoms with Gasteiger partial charge in [0.2, 0.25) is 0 Å². The van der Waals surface area contributed by atoms with Gasteiger partial charge in [0, 0.05) is 0 Å². The maximum atomic E-state index is 12.3. The molecule has 0 aromatic heterocycles. The molecule has 0 fully saturated rings. The Kier molecular flexibility index (Phi) is 7.25. The number of hydrogen-bond acceptors (Lipinski definition) is 0. The van der Waals surface area contributed by atoms with E-state index in [-0.39, 0.29) is 5.82 Å². The zero-order valence-electron chi connectivity index (χ0n) is 5.86. The zero-order valence-corrected chi connectivity index (χ0v) is 10.3. The fourth-order valence-electron chi connectivity index (χ4n) is 0.498. The van der Waals surface area contributed by atoms with Crippen LogP contribution in [0.15, 0.2) is 24.3 Å². The van der Waals surface area contributed by atoms with Crippen LogP contribution in [0.4, 0.5) is 4.39 Å². The van der Waals surface area contributed by atoms with Crippen molar-refractivity contribution in [3.8, 4) is 0 Å². The van der Waals surface area contributed by atoms with E-state index in [0.29, 0.717) is 5.56 Å². The van der Waals surface area contributed by atoms with Gasteiger partial charge in [0.15, 0.2) is 0 Å². The van der Waals surface area contributed by atoms with Crippen molar-refractivity contribution >= 4 is 19.4 Å². The molecule has 0 saturated heterocycles. The van der Waals surface area contributed by atoms with E-state index in [1.165, 1.54) is 6.07 Å². The summed E-state index contributed by atoms with van der Waals surface area (Å²) in [5.41, 5.74) is 0.451. The first kappa shape index (κ1) is 11.4. The van der Waals surface area contributed by atoms with E-state index in [1.54, 1.807) is 18.2 Å². The fraction of sp³-hybridized carbons (Fsp3) is 0. The van der Waals surface area contributed by atoms with Gasteiger partial charge in [0.25, 0.3) is 0 Å². The molecular weight excluding hydrogens is 239 g/mol. The van der Waals surface area contributed by atoms with Crippen LogP contribution in [0.5, 0.6) is 0 Å². The van der Waals surface area contributed by atoms with Crippen molar-refractivity contribution < 1.29 is 19.5 Å². The second-order valence-electron chi connectivity index (χ2n) is 1.69. The Hall–Kier alpha value is 0.353. The molecule has 0 unspecified atom stereocenters. The molecule has 4 heteroatoms. The SMILES string of the molecule is [CH2]c1ccccc1F.[Cl][Zn][Cl]. The Morgan fingerprint density at radius 3 is 2.00 bits per heavy atom. The first-order valence-corrected chi connectivity index (χ1v) is 10.7. The summed E-state index contributed by atoms with van der Waals surface area (Å²) >= 11 is -0.931. The molecule has 0 aliphatic heterocycles. The molecule has 0 amide bonds. The third kappa shape index (κ3) is 5.60. The molecule has 0 aliphatic carbocycles. The van der Waals surface area contributed by atoms with E-state index in [0.717, 1.165) is 0 Å². The maximum absolute atomic E-state index is 12.3. The van der Waals surface area contributed by atoms with E-state index in [4.69, 9.17) is 19.4 Å². The van der Waals surface area contributed by atoms with Gasteiger partial charge in [0.05, 0.1) is 0 Å². The molecule has 1 aromatic carbocycles. The molecule has 0 spiro atoms. The van der Waals surface area contributed by atoms with Gasteiger partial charge in [-0.25, -0.2) is 4.39 Å². The molecule has 0 atom stereocenters. The molecule has 0 bridgehead atoms. The molecule has 11 heavy (non-hydrogen) atoms. The number of hydrogen-bond donors (Lipinski definition) is 0. The summed E-state index contributed by atoms with van der Waals surface area (Å²) in [6.45, 7) is 3.45. The van der Waals surface area contributed by atoms with Crippen molar-refractivity contribution in [2.45, 2.75) is 0 Å². The van der Waals surface area contributed by atoms with Crippen LogP contribution >= 0.6 is 19.4 Å². The summed E-state index contributed by atoms with van der Waals surface area (Å²) in [5.74, 6) is -0.243. The molecule has 0 heterocycles. The topological polar surface area (TPSA) is 0 Å². The molecule has 0 nitrogen and oxygen atoms in total. The summed E-state index contributed by atoms with van der Waals surface area (Å²) in [6, 6.07) is 6.42. The molecule has 1 radical (unpaired) electrons. The van der Waals surface area contributed by atoms with Crippen molar-refractivity contribution in [1.29, 1.82) is 0 Å². The Balaban J connectivity index is 0.000000292. The number of benzene rings is 1. The molecule has 0 aliphatic rings. The van der Waals surface area contributed by atoms with Crippen LogP contribution in [0.2, 0.25) is 0 Å². The van der Waals surface area contributed by atoms with Crippen molar-refractivity contribution in [3.63, 3.8) is 0 Å². The van der Waals surface area contributed by atoms with Crippen molar-refractivity contribution in [1.82, 2.24) is 0 Å². The third-order valence-electron chi connectivity index (χ3n) is 0.958. The quantitative estimate of drug-likeness (QED) is 0.615. The van der Waals surface area contributed by atoms with Crippen molar-refractivity contribution in [3.05, 3.63) is 42.6 Å². The second kappa shape index (κ2) is 7.03. The van der Waals surface area contributed by atoms with E-state index in [9.17, 15) is 4.39 Å². The Bertz CT molecular complexity index is 184. The van der Waals surface area contributed by atoms with Gasteiger partial charge < -0.3 is 0 Å². The standard InChI is InChI=1S/C7H6F.2ClH.Zn/c1-6-4-2-3-5-7(6)8;;;/h2-5H,1H2;2*1H;/q;;;+2/p-2. The molecular formula is C7H6Cl2FZn. The monoisotopic (exact) mass is 243 g/mol. The Labute approximate surface area is 81.4 Å². The summed E-state index contributed by atoms with van der Waals surface area (Å²) in [5, 5.41) is 0. The van der Waals surface area contributed by atoms with E-state index in [2.05, 4.69) is 6.92 Å². The fourth-order valence-corrected chi connectivity index (χ4v) is 0.498. The number of halogens is 3. The first-order valence-electron chi connectivity index (χ1n) is 2.90.